The van der Waals surface area contributed by atoms with Crippen molar-refractivity contribution in [3.05, 3.63) is 56.2 Å². The zero-order chi connectivity index (χ0) is 21.6. The van der Waals surface area contributed by atoms with E-state index >= 15 is 0 Å². The summed E-state index contributed by atoms with van der Waals surface area (Å²) in [6.45, 7) is 10.1. The fourth-order valence-corrected chi connectivity index (χ4v) is 3.41. The molecule has 6 heteroatoms. The fourth-order valence-electron chi connectivity index (χ4n) is 2.66. The molecule has 2 rings (SSSR count). The van der Waals surface area contributed by atoms with Crippen molar-refractivity contribution in [1.29, 1.82) is 5.26 Å². The van der Waals surface area contributed by atoms with Crippen LogP contribution in [0.15, 0.2) is 35.9 Å². The third kappa shape index (κ3) is 6.23. The maximum Gasteiger partial charge on any atom is 0.266 e. The van der Waals surface area contributed by atoms with Crippen LogP contribution in [0.4, 0.5) is 5.69 Å². The maximum absolute atomic E-state index is 12.7. The Kier molecular flexibility index (Phi) is 8.09. The van der Waals surface area contributed by atoms with E-state index in [1.807, 2.05) is 65.0 Å². The lowest BCUT2D eigenvalue weighted by atomic mass is 10.1. The molecule has 0 heterocycles. The van der Waals surface area contributed by atoms with Crippen LogP contribution in [0.25, 0.3) is 6.08 Å². The predicted octanol–water partition coefficient (Wildman–Crippen LogP) is 5.64. The normalized spacial score (nSPS) is 11.2. The van der Waals surface area contributed by atoms with Crippen molar-refractivity contribution in [2.24, 2.45) is 0 Å². The van der Waals surface area contributed by atoms with Crippen molar-refractivity contribution in [3.8, 4) is 17.6 Å². The molecule has 2 aromatic carbocycles. The zero-order valence-electron chi connectivity index (χ0n) is 17.3. The first-order valence-electron chi connectivity index (χ1n) is 9.38. The molecule has 0 radical (unpaired) electrons. The molecule has 0 atom stereocenters. The molecule has 0 saturated carbocycles. The molecule has 0 bridgehead atoms. The topological polar surface area (TPSA) is 71.3 Å². The highest BCUT2D eigenvalue weighted by atomic mass is 127. The zero-order valence-corrected chi connectivity index (χ0v) is 19.5. The Labute approximate surface area is 185 Å². The van der Waals surface area contributed by atoms with Crippen LogP contribution in [0, 0.1) is 28.7 Å². The van der Waals surface area contributed by atoms with Crippen LogP contribution in [0.2, 0.25) is 0 Å². The van der Waals surface area contributed by atoms with E-state index in [4.69, 9.17) is 9.47 Å². The minimum atomic E-state index is -0.448. The molecule has 0 fully saturated rings. The average molecular weight is 504 g/mol. The summed E-state index contributed by atoms with van der Waals surface area (Å²) in [6.07, 6.45) is 1.56. The van der Waals surface area contributed by atoms with Crippen molar-refractivity contribution in [1.82, 2.24) is 0 Å². The molecule has 1 N–H and O–H groups in total. The lowest BCUT2D eigenvalue weighted by Gasteiger charge is -2.17. The van der Waals surface area contributed by atoms with Gasteiger partial charge in [0.05, 0.1) is 16.3 Å². The highest BCUT2D eigenvalue weighted by Gasteiger charge is 2.15. The van der Waals surface area contributed by atoms with Crippen LogP contribution in [0.1, 0.15) is 37.5 Å². The standard InChI is InChI=1S/C23H25IN2O3/c1-6-28-21-12-17(11-19(24)22(21)29-14(2)3)10-18(13-25)23(27)26-20-9-15(4)7-8-16(20)5/h7-12,14H,6H2,1-5H3,(H,26,27)/b18-10+. The van der Waals surface area contributed by atoms with Crippen molar-refractivity contribution in [3.63, 3.8) is 0 Å². The Bertz CT molecular complexity index is 975. The van der Waals surface area contributed by atoms with E-state index in [0.717, 1.165) is 14.7 Å². The molecule has 0 saturated heterocycles. The molecular weight excluding hydrogens is 479 g/mol. The number of benzene rings is 2. The van der Waals surface area contributed by atoms with E-state index in [2.05, 4.69) is 27.9 Å². The summed E-state index contributed by atoms with van der Waals surface area (Å²) in [7, 11) is 0. The van der Waals surface area contributed by atoms with Gasteiger partial charge in [0.25, 0.3) is 5.91 Å². The Morgan fingerprint density at radius 3 is 2.62 bits per heavy atom. The van der Waals surface area contributed by atoms with Gasteiger partial charge in [-0.2, -0.15) is 5.26 Å². The Balaban J connectivity index is 2.37. The van der Waals surface area contributed by atoms with E-state index in [9.17, 15) is 10.1 Å². The number of nitriles is 1. The molecule has 0 aliphatic rings. The number of nitrogens with zero attached hydrogens (tertiary/aromatic N) is 1. The number of hydrogen-bond acceptors (Lipinski definition) is 4. The van der Waals surface area contributed by atoms with Crippen LogP contribution in [-0.4, -0.2) is 18.6 Å². The molecule has 2 aromatic rings. The van der Waals surface area contributed by atoms with Gasteiger partial charge in [-0.1, -0.05) is 12.1 Å². The first kappa shape index (κ1) is 22.8. The first-order chi connectivity index (χ1) is 13.7. The monoisotopic (exact) mass is 504 g/mol. The third-order valence-corrected chi connectivity index (χ3v) is 4.80. The summed E-state index contributed by atoms with van der Waals surface area (Å²) in [4.78, 5) is 12.7. The second kappa shape index (κ2) is 10.3. The van der Waals surface area contributed by atoms with Crippen molar-refractivity contribution in [2.75, 3.05) is 11.9 Å². The predicted molar refractivity (Wildman–Crippen MR) is 124 cm³/mol. The van der Waals surface area contributed by atoms with Gasteiger partial charge in [-0.15, -0.1) is 0 Å². The summed E-state index contributed by atoms with van der Waals surface area (Å²) < 4.78 is 12.4. The smallest absolute Gasteiger partial charge is 0.266 e. The SMILES string of the molecule is CCOc1cc(/C=C(\C#N)C(=O)Nc2cc(C)ccc2C)cc(I)c1OC(C)C. The van der Waals surface area contributed by atoms with E-state index in [1.54, 1.807) is 12.1 Å². The van der Waals surface area contributed by atoms with Crippen LogP contribution in [0.3, 0.4) is 0 Å². The number of aryl methyl sites for hydroxylation is 2. The summed E-state index contributed by atoms with van der Waals surface area (Å²) in [5.41, 5.74) is 3.37. The Hall–Kier alpha value is -2.53. The average Bonchev–Trinajstić information content (AvgIpc) is 2.65. The second-order valence-electron chi connectivity index (χ2n) is 6.87. The van der Waals surface area contributed by atoms with Crippen LogP contribution in [0.5, 0.6) is 11.5 Å². The van der Waals surface area contributed by atoms with E-state index in [0.29, 0.717) is 29.4 Å². The van der Waals surface area contributed by atoms with Crippen molar-refractivity contribution < 1.29 is 14.3 Å². The number of hydrogen-bond donors (Lipinski definition) is 1. The van der Waals surface area contributed by atoms with Gasteiger partial charge >= 0.3 is 0 Å². The number of nitrogens with one attached hydrogen (secondary N) is 1. The van der Waals surface area contributed by atoms with Crippen molar-refractivity contribution >= 4 is 40.3 Å². The second-order valence-corrected chi connectivity index (χ2v) is 8.03. The van der Waals surface area contributed by atoms with Crippen LogP contribution in [-0.2, 0) is 4.79 Å². The number of amides is 1. The number of ether oxygens (including phenoxy) is 2. The van der Waals surface area contributed by atoms with Crippen LogP contribution >= 0.6 is 22.6 Å². The number of carbonyl (C=O) groups is 1. The molecule has 0 aromatic heterocycles. The molecule has 0 unspecified atom stereocenters. The number of rotatable bonds is 7. The summed E-state index contributed by atoms with van der Waals surface area (Å²) in [5, 5.41) is 12.4. The third-order valence-electron chi connectivity index (χ3n) is 4.00. The summed E-state index contributed by atoms with van der Waals surface area (Å²) in [5.74, 6) is 0.807. The van der Waals surface area contributed by atoms with Gasteiger partial charge in [0.1, 0.15) is 11.6 Å². The van der Waals surface area contributed by atoms with Gasteiger partial charge in [0.2, 0.25) is 0 Å². The first-order valence-corrected chi connectivity index (χ1v) is 10.5. The molecule has 29 heavy (non-hydrogen) atoms. The van der Waals surface area contributed by atoms with Gasteiger partial charge in [-0.25, -0.2) is 0 Å². The molecule has 0 aliphatic heterocycles. The lowest BCUT2D eigenvalue weighted by Crippen LogP contribution is -2.14. The number of anilines is 1. The molecular formula is C23H25IN2O3. The maximum atomic E-state index is 12.7. The quantitative estimate of drug-likeness (QED) is 0.301. The van der Waals surface area contributed by atoms with Gasteiger partial charge in [0.15, 0.2) is 11.5 Å². The molecule has 1 amide bonds. The van der Waals surface area contributed by atoms with Crippen molar-refractivity contribution in [2.45, 2.75) is 40.7 Å². The minimum Gasteiger partial charge on any atom is -0.490 e. The highest BCUT2D eigenvalue weighted by molar-refractivity contribution is 14.1. The van der Waals surface area contributed by atoms with Gasteiger partial charge in [-0.3, -0.25) is 4.79 Å². The van der Waals surface area contributed by atoms with E-state index < -0.39 is 5.91 Å². The largest absolute Gasteiger partial charge is 0.490 e. The number of halogens is 1. The lowest BCUT2D eigenvalue weighted by molar-refractivity contribution is -0.112. The van der Waals surface area contributed by atoms with Crippen LogP contribution < -0.4 is 14.8 Å². The number of carbonyl (C=O) groups excluding carboxylic acids is 1. The Morgan fingerprint density at radius 1 is 1.28 bits per heavy atom. The molecule has 0 spiro atoms. The van der Waals surface area contributed by atoms with Gasteiger partial charge < -0.3 is 14.8 Å². The van der Waals surface area contributed by atoms with E-state index in [-0.39, 0.29) is 11.7 Å². The molecule has 0 aliphatic carbocycles. The molecule has 5 nitrogen and oxygen atoms in total. The Morgan fingerprint density at radius 2 is 2.00 bits per heavy atom. The van der Waals surface area contributed by atoms with Gasteiger partial charge in [0, 0.05) is 5.69 Å². The van der Waals surface area contributed by atoms with E-state index in [1.165, 1.54) is 0 Å². The highest BCUT2D eigenvalue weighted by Crippen LogP contribution is 2.35. The summed E-state index contributed by atoms with van der Waals surface area (Å²) >= 11 is 2.17. The van der Waals surface area contributed by atoms with Gasteiger partial charge in [-0.05, 0) is 98.2 Å². The minimum absolute atomic E-state index is 0.00197. The summed E-state index contributed by atoms with van der Waals surface area (Å²) in [6, 6.07) is 11.4. The molecule has 152 valence electrons. The fraction of sp³-hybridized carbons (Fsp3) is 0.304.